The normalized spacial score (nSPS) is 10.4. The van der Waals surface area contributed by atoms with Gasteiger partial charge in [0.05, 0.1) is 13.2 Å². The highest BCUT2D eigenvalue weighted by atomic mass is 19.1. The van der Waals surface area contributed by atoms with E-state index in [9.17, 15) is 18.8 Å². The summed E-state index contributed by atoms with van der Waals surface area (Å²) in [6.45, 7) is 5.02. The van der Waals surface area contributed by atoms with Crippen LogP contribution in [-0.2, 0) is 23.9 Å². The summed E-state index contributed by atoms with van der Waals surface area (Å²) >= 11 is 0. The molecule has 6 nitrogen and oxygen atoms in total. The van der Waals surface area contributed by atoms with Gasteiger partial charge in [-0.1, -0.05) is 0 Å². The van der Waals surface area contributed by atoms with Gasteiger partial charge in [-0.05, 0) is 44.5 Å². The second-order valence-corrected chi connectivity index (χ2v) is 4.99. The van der Waals surface area contributed by atoms with Crippen LogP contribution in [0.3, 0.4) is 0 Å². The minimum absolute atomic E-state index is 0.0502. The number of carbonyl (C=O) groups is 3. The molecule has 1 aromatic carbocycles. The Balaban J connectivity index is 2.87. The van der Waals surface area contributed by atoms with E-state index < -0.39 is 23.7 Å². The molecule has 0 atom stereocenters. The maximum Gasteiger partial charge on any atom is 0.320 e. The van der Waals surface area contributed by atoms with E-state index in [1.165, 1.54) is 36.1 Å². The van der Waals surface area contributed by atoms with Crippen molar-refractivity contribution in [3.05, 3.63) is 30.1 Å². The van der Waals surface area contributed by atoms with Crippen molar-refractivity contribution in [3.8, 4) is 0 Å². The molecule has 1 amide bonds. The number of hydrogen-bond acceptors (Lipinski definition) is 5. The molecule has 132 valence electrons. The predicted octanol–water partition coefficient (Wildman–Crippen LogP) is 2.31. The summed E-state index contributed by atoms with van der Waals surface area (Å²) in [5.74, 6) is -3.17. The van der Waals surface area contributed by atoms with Crippen molar-refractivity contribution in [1.29, 1.82) is 0 Å². The zero-order valence-corrected chi connectivity index (χ0v) is 14.1. The summed E-state index contributed by atoms with van der Waals surface area (Å²) in [4.78, 5) is 37.1. The lowest BCUT2D eigenvalue weighted by Crippen LogP contribution is -2.35. The van der Waals surface area contributed by atoms with Gasteiger partial charge in [-0.3, -0.25) is 14.4 Å². The molecule has 0 bridgehead atoms. The van der Waals surface area contributed by atoms with Gasteiger partial charge in [-0.25, -0.2) is 4.39 Å². The van der Waals surface area contributed by atoms with Gasteiger partial charge in [0.15, 0.2) is 5.92 Å². The van der Waals surface area contributed by atoms with Crippen molar-refractivity contribution in [2.45, 2.75) is 27.2 Å². The van der Waals surface area contributed by atoms with Gasteiger partial charge in [-0.2, -0.15) is 0 Å². The Labute approximate surface area is 140 Å². The minimum atomic E-state index is -1.10. The van der Waals surface area contributed by atoms with Gasteiger partial charge in [0.25, 0.3) is 0 Å². The van der Waals surface area contributed by atoms with Crippen molar-refractivity contribution < 1.29 is 28.2 Å². The van der Waals surface area contributed by atoms with Gasteiger partial charge < -0.3 is 14.4 Å². The first kappa shape index (κ1) is 19.6. The van der Waals surface area contributed by atoms with Crippen molar-refractivity contribution in [2.75, 3.05) is 24.7 Å². The number of nitrogens with zero attached hydrogens (tertiary/aromatic N) is 1. The number of carbonyl (C=O) groups excluding carboxylic acids is 3. The van der Waals surface area contributed by atoms with Crippen LogP contribution in [0, 0.1) is 11.7 Å². The quantitative estimate of drug-likeness (QED) is 0.537. The van der Waals surface area contributed by atoms with E-state index in [2.05, 4.69) is 0 Å². The smallest absolute Gasteiger partial charge is 0.320 e. The number of anilines is 1. The molecule has 0 aliphatic carbocycles. The number of halogens is 1. The van der Waals surface area contributed by atoms with E-state index in [1.807, 2.05) is 0 Å². The molecular weight excluding hydrogens is 317 g/mol. The van der Waals surface area contributed by atoms with Gasteiger partial charge in [0.2, 0.25) is 5.91 Å². The van der Waals surface area contributed by atoms with Crippen LogP contribution < -0.4 is 4.90 Å². The van der Waals surface area contributed by atoms with Crippen molar-refractivity contribution in [2.24, 2.45) is 5.92 Å². The lowest BCUT2D eigenvalue weighted by molar-refractivity contribution is -0.161. The molecule has 0 spiro atoms. The second kappa shape index (κ2) is 9.64. The molecule has 1 rings (SSSR count). The number of hydrogen-bond donors (Lipinski definition) is 0. The highest BCUT2D eigenvalue weighted by Crippen LogP contribution is 2.18. The summed E-state index contributed by atoms with van der Waals surface area (Å²) in [5, 5.41) is 0. The van der Waals surface area contributed by atoms with Crippen LogP contribution in [-0.4, -0.2) is 37.6 Å². The molecule has 7 heteroatoms. The molecule has 0 fully saturated rings. The van der Waals surface area contributed by atoms with Crippen LogP contribution in [0.4, 0.5) is 10.1 Å². The zero-order chi connectivity index (χ0) is 18.1. The van der Waals surface area contributed by atoms with Crippen molar-refractivity contribution in [1.82, 2.24) is 0 Å². The van der Waals surface area contributed by atoms with E-state index in [0.717, 1.165) is 0 Å². The fourth-order valence-corrected chi connectivity index (χ4v) is 2.17. The average Bonchev–Trinajstić information content (AvgIpc) is 2.52. The third-order valence-electron chi connectivity index (χ3n) is 3.30. The highest BCUT2D eigenvalue weighted by molar-refractivity contribution is 5.95. The SMILES string of the molecule is CCOC(=O)C(CCN(C(C)=O)c1ccc(F)cc1)C(=O)OCC. The first-order valence-corrected chi connectivity index (χ1v) is 7.77. The molecule has 0 unspecified atom stereocenters. The lowest BCUT2D eigenvalue weighted by Gasteiger charge is -2.23. The Morgan fingerprint density at radius 3 is 1.96 bits per heavy atom. The standard InChI is InChI=1S/C17H22FNO5/c1-4-23-16(21)15(17(22)24-5-2)10-11-19(12(3)20)14-8-6-13(18)7-9-14/h6-9,15H,4-5,10-11H2,1-3H3. The predicted molar refractivity (Wildman–Crippen MR) is 85.8 cm³/mol. The zero-order valence-electron chi connectivity index (χ0n) is 14.1. The van der Waals surface area contributed by atoms with Crippen LogP contribution in [0.2, 0.25) is 0 Å². The number of amides is 1. The Morgan fingerprint density at radius 2 is 1.54 bits per heavy atom. The monoisotopic (exact) mass is 339 g/mol. The second-order valence-electron chi connectivity index (χ2n) is 4.99. The Bertz CT molecular complexity index is 555. The highest BCUT2D eigenvalue weighted by Gasteiger charge is 2.30. The third kappa shape index (κ3) is 5.64. The summed E-state index contributed by atoms with van der Waals surface area (Å²) in [7, 11) is 0. The van der Waals surface area contributed by atoms with Crippen LogP contribution >= 0.6 is 0 Å². The Morgan fingerprint density at radius 1 is 1.04 bits per heavy atom. The number of ether oxygens (including phenoxy) is 2. The summed E-state index contributed by atoms with van der Waals surface area (Å²) in [5.41, 5.74) is 0.482. The molecule has 0 radical (unpaired) electrons. The maximum absolute atomic E-state index is 13.0. The van der Waals surface area contributed by atoms with Gasteiger partial charge >= 0.3 is 11.9 Å². The largest absolute Gasteiger partial charge is 0.465 e. The number of esters is 2. The fraction of sp³-hybridized carbons (Fsp3) is 0.471. The van der Waals surface area contributed by atoms with Crippen LogP contribution in [0.1, 0.15) is 27.2 Å². The van der Waals surface area contributed by atoms with E-state index in [4.69, 9.17) is 9.47 Å². The van der Waals surface area contributed by atoms with E-state index in [1.54, 1.807) is 13.8 Å². The molecule has 0 aromatic heterocycles. The van der Waals surface area contributed by atoms with Crippen LogP contribution in [0.5, 0.6) is 0 Å². The molecular formula is C17H22FNO5. The Hall–Kier alpha value is -2.44. The molecule has 0 saturated carbocycles. The molecule has 0 heterocycles. The van der Waals surface area contributed by atoms with E-state index in [0.29, 0.717) is 5.69 Å². The van der Waals surface area contributed by atoms with Gasteiger partial charge in [0, 0.05) is 19.2 Å². The first-order chi connectivity index (χ1) is 11.4. The molecule has 0 saturated heterocycles. The number of benzene rings is 1. The molecule has 0 aliphatic heterocycles. The van der Waals surface area contributed by atoms with Crippen molar-refractivity contribution >= 4 is 23.5 Å². The van der Waals surface area contributed by atoms with Crippen molar-refractivity contribution in [3.63, 3.8) is 0 Å². The fourth-order valence-electron chi connectivity index (χ4n) is 2.17. The van der Waals surface area contributed by atoms with E-state index in [-0.39, 0.29) is 32.1 Å². The van der Waals surface area contributed by atoms with Crippen LogP contribution in [0.15, 0.2) is 24.3 Å². The first-order valence-electron chi connectivity index (χ1n) is 7.77. The molecule has 1 aromatic rings. The van der Waals surface area contributed by atoms with Crippen LogP contribution in [0.25, 0.3) is 0 Å². The Kier molecular flexibility index (Phi) is 7.88. The third-order valence-corrected chi connectivity index (χ3v) is 3.30. The average molecular weight is 339 g/mol. The number of rotatable bonds is 8. The summed E-state index contributed by atoms with van der Waals surface area (Å²) in [6, 6.07) is 5.39. The van der Waals surface area contributed by atoms with Gasteiger partial charge in [0.1, 0.15) is 5.82 Å². The molecule has 0 N–H and O–H groups in total. The summed E-state index contributed by atoms with van der Waals surface area (Å²) < 4.78 is 22.8. The topological polar surface area (TPSA) is 72.9 Å². The molecule has 24 heavy (non-hydrogen) atoms. The lowest BCUT2D eigenvalue weighted by atomic mass is 10.1. The summed E-state index contributed by atoms with van der Waals surface area (Å²) in [6.07, 6.45) is 0.0502. The minimum Gasteiger partial charge on any atom is -0.465 e. The van der Waals surface area contributed by atoms with E-state index >= 15 is 0 Å². The van der Waals surface area contributed by atoms with Gasteiger partial charge in [-0.15, -0.1) is 0 Å². The maximum atomic E-state index is 13.0. The molecule has 0 aliphatic rings.